The van der Waals surface area contributed by atoms with Crippen molar-refractivity contribution >= 4 is 5.91 Å². The van der Waals surface area contributed by atoms with Crippen LogP contribution in [-0.4, -0.2) is 45.2 Å². The first-order chi connectivity index (χ1) is 9.52. The quantitative estimate of drug-likeness (QED) is 0.589. The van der Waals surface area contributed by atoms with Crippen molar-refractivity contribution in [1.29, 1.82) is 0 Å². The van der Waals surface area contributed by atoms with Crippen molar-refractivity contribution in [2.24, 2.45) is 5.92 Å². The fourth-order valence-electron chi connectivity index (χ4n) is 1.57. The lowest BCUT2D eigenvalue weighted by molar-refractivity contribution is -0.122. The Hall–Kier alpha value is -1.47. The van der Waals surface area contributed by atoms with E-state index in [2.05, 4.69) is 34.8 Å². The van der Waals surface area contributed by atoms with Crippen LogP contribution in [0.3, 0.4) is 0 Å². The lowest BCUT2D eigenvalue weighted by Gasteiger charge is -2.14. The molecule has 1 atom stereocenters. The molecule has 0 saturated carbocycles. The van der Waals surface area contributed by atoms with Crippen molar-refractivity contribution in [2.45, 2.75) is 46.3 Å². The second-order valence-corrected chi connectivity index (χ2v) is 5.29. The van der Waals surface area contributed by atoms with Crippen molar-refractivity contribution in [1.82, 2.24) is 25.6 Å². The van der Waals surface area contributed by atoms with Gasteiger partial charge in [-0.05, 0) is 19.3 Å². The minimum atomic E-state index is -0.267. The van der Waals surface area contributed by atoms with E-state index in [0.717, 1.165) is 5.69 Å². The van der Waals surface area contributed by atoms with Crippen molar-refractivity contribution in [2.75, 3.05) is 13.2 Å². The van der Waals surface area contributed by atoms with E-state index < -0.39 is 0 Å². The summed E-state index contributed by atoms with van der Waals surface area (Å²) in [7, 11) is 0. The largest absolute Gasteiger partial charge is 0.396 e. The second kappa shape index (κ2) is 8.65. The van der Waals surface area contributed by atoms with Crippen LogP contribution >= 0.6 is 0 Å². The number of aryl methyl sites for hydroxylation is 1. The van der Waals surface area contributed by atoms with Crippen molar-refractivity contribution in [3.8, 4) is 0 Å². The normalized spacial score (nSPS) is 12.7. The Morgan fingerprint density at radius 3 is 2.85 bits per heavy atom. The number of rotatable bonds is 9. The van der Waals surface area contributed by atoms with Gasteiger partial charge in [-0.1, -0.05) is 19.1 Å². The maximum Gasteiger partial charge on any atom is 0.236 e. The van der Waals surface area contributed by atoms with Gasteiger partial charge in [0.05, 0.1) is 11.7 Å². The first kappa shape index (κ1) is 16.6. The average molecular weight is 283 g/mol. The van der Waals surface area contributed by atoms with Crippen molar-refractivity contribution < 1.29 is 9.90 Å². The maximum atomic E-state index is 11.8. The molecule has 0 aliphatic rings. The van der Waals surface area contributed by atoms with Crippen LogP contribution in [0.1, 0.15) is 32.9 Å². The molecule has 1 rings (SSSR count). The predicted molar refractivity (Wildman–Crippen MR) is 75.9 cm³/mol. The highest BCUT2D eigenvalue weighted by Gasteiger charge is 2.12. The summed E-state index contributed by atoms with van der Waals surface area (Å²) < 4.78 is 1.69. The molecule has 0 aromatic carbocycles. The van der Waals surface area contributed by atoms with Crippen LogP contribution in [0.15, 0.2) is 6.20 Å². The molecule has 1 aromatic heterocycles. The van der Waals surface area contributed by atoms with Crippen LogP contribution < -0.4 is 10.6 Å². The van der Waals surface area contributed by atoms with E-state index in [1.807, 2.05) is 13.1 Å². The van der Waals surface area contributed by atoms with Crippen LogP contribution in [0, 0.1) is 5.92 Å². The molecule has 0 aliphatic heterocycles. The Morgan fingerprint density at radius 2 is 2.20 bits per heavy atom. The third-order valence-corrected chi connectivity index (χ3v) is 2.80. The molecule has 114 valence electrons. The number of aromatic nitrogens is 3. The van der Waals surface area contributed by atoms with Gasteiger partial charge in [0.1, 0.15) is 0 Å². The van der Waals surface area contributed by atoms with Crippen LogP contribution in [0.25, 0.3) is 0 Å². The molecule has 0 radical (unpaired) electrons. The Kier molecular flexibility index (Phi) is 7.17. The predicted octanol–water partition coefficient (Wildman–Crippen LogP) is -0.0892. The van der Waals surface area contributed by atoms with E-state index >= 15 is 0 Å². The third kappa shape index (κ3) is 6.12. The molecule has 0 saturated heterocycles. The number of nitrogens with one attached hydrogen (secondary N) is 2. The highest BCUT2D eigenvalue weighted by atomic mass is 16.3. The fourth-order valence-corrected chi connectivity index (χ4v) is 1.57. The molecule has 1 unspecified atom stereocenters. The van der Waals surface area contributed by atoms with Gasteiger partial charge in [0, 0.05) is 32.4 Å². The van der Waals surface area contributed by atoms with Gasteiger partial charge in [0.2, 0.25) is 5.91 Å². The van der Waals surface area contributed by atoms with E-state index in [1.165, 1.54) is 0 Å². The second-order valence-electron chi connectivity index (χ2n) is 5.29. The summed E-state index contributed by atoms with van der Waals surface area (Å²) in [6.07, 6.45) is 2.48. The molecule has 0 aliphatic carbocycles. The summed E-state index contributed by atoms with van der Waals surface area (Å²) in [5, 5.41) is 22.7. The van der Waals surface area contributed by atoms with E-state index in [1.54, 1.807) is 4.68 Å². The van der Waals surface area contributed by atoms with Gasteiger partial charge in [0.15, 0.2) is 0 Å². The zero-order valence-electron chi connectivity index (χ0n) is 12.5. The highest BCUT2D eigenvalue weighted by Crippen LogP contribution is 1.96. The molecule has 0 fully saturated rings. The van der Waals surface area contributed by atoms with Crippen molar-refractivity contribution in [3.63, 3.8) is 0 Å². The summed E-state index contributed by atoms with van der Waals surface area (Å²) >= 11 is 0. The average Bonchev–Trinajstić information content (AvgIpc) is 2.87. The summed E-state index contributed by atoms with van der Waals surface area (Å²) in [4.78, 5) is 11.8. The van der Waals surface area contributed by atoms with E-state index in [9.17, 15) is 4.79 Å². The molecule has 7 heteroatoms. The summed E-state index contributed by atoms with van der Waals surface area (Å²) in [6.45, 7) is 7.91. The number of aliphatic hydroxyl groups is 1. The Balaban J connectivity index is 2.31. The molecule has 7 nitrogen and oxygen atoms in total. The Bertz CT molecular complexity index is 405. The van der Waals surface area contributed by atoms with Gasteiger partial charge in [-0.25, -0.2) is 0 Å². The molecular weight excluding hydrogens is 258 g/mol. The number of hydrogen-bond acceptors (Lipinski definition) is 5. The number of nitrogens with zero attached hydrogens (tertiary/aromatic N) is 3. The van der Waals surface area contributed by atoms with Crippen LogP contribution in [0.4, 0.5) is 0 Å². The number of carbonyl (C=O) groups is 1. The Morgan fingerprint density at radius 1 is 1.45 bits per heavy atom. The van der Waals surface area contributed by atoms with E-state index in [4.69, 9.17) is 5.11 Å². The maximum absolute atomic E-state index is 11.8. The van der Waals surface area contributed by atoms with Crippen molar-refractivity contribution in [3.05, 3.63) is 11.9 Å². The number of aliphatic hydroxyl groups excluding tert-OH is 1. The van der Waals surface area contributed by atoms with Gasteiger partial charge >= 0.3 is 0 Å². The van der Waals surface area contributed by atoms with Gasteiger partial charge in [-0.3, -0.25) is 9.48 Å². The first-order valence-electron chi connectivity index (χ1n) is 7.04. The molecule has 1 aromatic rings. The van der Waals surface area contributed by atoms with Crippen LogP contribution in [-0.2, 0) is 17.9 Å². The lowest BCUT2D eigenvalue weighted by Crippen LogP contribution is -2.43. The summed E-state index contributed by atoms with van der Waals surface area (Å²) in [6, 6.07) is -0.267. The minimum Gasteiger partial charge on any atom is -0.396 e. The number of hydrogen-bond donors (Lipinski definition) is 3. The summed E-state index contributed by atoms with van der Waals surface area (Å²) in [5.74, 6) is 0.434. The summed E-state index contributed by atoms with van der Waals surface area (Å²) in [5.41, 5.74) is 0.784. The zero-order valence-corrected chi connectivity index (χ0v) is 12.5. The van der Waals surface area contributed by atoms with Gasteiger partial charge < -0.3 is 15.7 Å². The smallest absolute Gasteiger partial charge is 0.236 e. The fraction of sp³-hybridized carbons (Fsp3) is 0.769. The zero-order chi connectivity index (χ0) is 15.0. The molecular formula is C13H25N5O2. The topological polar surface area (TPSA) is 92.1 Å². The molecule has 0 bridgehead atoms. The number of carbonyl (C=O) groups excluding carboxylic acids is 1. The van der Waals surface area contributed by atoms with Gasteiger partial charge in [0.25, 0.3) is 0 Å². The number of amides is 1. The lowest BCUT2D eigenvalue weighted by atomic mass is 10.2. The van der Waals surface area contributed by atoms with Gasteiger partial charge in [-0.2, -0.15) is 0 Å². The Labute approximate surface area is 119 Å². The molecule has 0 spiro atoms. The van der Waals surface area contributed by atoms with Crippen LogP contribution in [0.2, 0.25) is 0 Å². The third-order valence-electron chi connectivity index (χ3n) is 2.80. The SMILES string of the molecule is CC(C)CNC(=O)C(C)NCc1cn(CCCO)nn1. The highest BCUT2D eigenvalue weighted by molar-refractivity contribution is 5.81. The molecule has 1 heterocycles. The molecule has 3 N–H and O–H groups in total. The monoisotopic (exact) mass is 283 g/mol. The first-order valence-corrected chi connectivity index (χ1v) is 7.04. The van der Waals surface area contributed by atoms with Crippen LogP contribution in [0.5, 0.6) is 0 Å². The van der Waals surface area contributed by atoms with E-state index in [-0.39, 0.29) is 18.6 Å². The van der Waals surface area contributed by atoms with Gasteiger partial charge in [-0.15, -0.1) is 5.10 Å². The standard InChI is InChI=1S/C13H25N5O2/c1-10(2)7-15-13(20)11(3)14-8-12-9-18(17-16-12)5-4-6-19/h9-11,14,19H,4-8H2,1-3H3,(H,15,20). The molecule has 20 heavy (non-hydrogen) atoms. The minimum absolute atomic E-state index is 0.00799. The molecule has 1 amide bonds. The van der Waals surface area contributed by atoms with E-state index in [0.29, 0.717) is 32.0 Å².